The topological polar surface area (TPSA) is 126 Å². The van der Waals surface area contributed by atoms with Gasteiger partial charge in [0, 0.05) is 24.8 Å². The van der Waals surface area contributed by atoms with E-state index in [1.165, 1.54) is 37.2 Å². The standard InChI is InChI=1S/2C5H4N2O2/c2*8-5(9)4-3-6-1-2-7-4/h2*1-3H,(H,8,9). The summed E-state index contributed by atoms with van der Waals surface area (Å²) in [6, 6.07) is 0. The molecule has 0 aliphatic heterocycles. The molecule has 0 aliphatic carbocycles. The van der Waals surface area contributed by atoms with Crippen LogP contribution in [0.1, 0.15) is 21.0 Å². The number of aromatic carboxylic acids is 2. The van der Waals surface area contributed by atoms with E-state index in [1.807, 2.05) is 0 Å². The summed E-state index contributed by atoms with van der Waals surface area (Å²) >= 11 is 0. The summed E-state index contributed by atoms with van der Waals surface area (Å²) < 4.78 is 0. The highest BCUT2D eigenvalue weighted by atomic mass is 16.4. The lowest BCUT2D eigenvalue weighted by atomic mass is 10.5. The molecule has 92 valence electrons. The van der Waals surface area contributed by atoms with Gasteiger partial charge in [0.2, 0.25) is 0 Å². The van der Waals surface area contributed by atoms with Crippen LogP contribution in [0.3, 0.4) is 0 Å². The second kappa shape index (κ2) is 6.63. The van der Waals surface area contributed by atoms with Crippen molar-refractivity contribution in [3.8, 4) is 0 Å². The molecule has 18 heavy (non-hydrogen) atoms. The lowest BCUT2D eigenvalue weighted by Gasteiger charge is -1.86. The number of carbonyl (C=O) groups is 2. The van der Waals surface area contributed by atoms with Gasteiger partial charge >= 0.3 is 11.9 Å². The minimum absolute atomic E-state index is 0.0301. The number of carboxylic acids is 2. The summed E-state index contributed by atoms with van der Waals surface area (Å²) in [7, 11) is 0. The van der Waals surface area contributed by atoms with Crippen molar-refractivity contribution in [3.05, 3.63) is 48.6 Å². The molecule has 0 radical (unpaired) electrons. The highest BCUT2D eigenvalue weighted by molar-refractivity contribution is 5.85. The van der Waals surface area contributed by atoms with E-state index in [1.54, 1.807) is 0 Å². The fraction of sp³-hybridized carbons (Fsp3) is 0. The molecule has 0 saturated heterocycles. The predicted molar refractivity (Wildman–Crippen MR) is 58.0 cm³/mol. The van der Waals surface area contributed by atoms with Crippen molar-refractivity contribution in [1.29, 1.82) is 0 Å². The Balaban J connectivity index is 0.000000180. The minimum atomic E-state index is -1.05. The zero-order chi connectivity index (χ0) is 13.4. The summed E-state index contributed by atoms with van der Waals surface area (Å²) in [6.07, 6.45) is 7.91. The quantitative estimate of drug-likeness (QED) is 0.779. The second-order valence-electron chi connectivity index (χ2n) is 2.79. The molecule has 8 nitrogen and oxygen atoms in total. The van der Waals surface area contributed by atoms with Crippen molar-refractivity contribution in [3.63, 3.8) is 0 Å². The van der Waals surface area contributed by atoms with Crippen molar-refractivity contribution in [2.75, 3.05) is 0 Å². The van der Waals surface area contributed by atoms with E-state index < -0.39 is 11.9 Å². The van der Waals surface area contributed by atoms with E-state index in [4.69, 9.17) is 10.2 Å². The smallest absolute Gasteiger partial charge is 0.356 e. The van der Waals surface area contributed by atoms with Crippen LogP contribution in [0.2, 0.25) is 0 Å². The Morgan fingerprint density at radius 2 is 1.17 bits per heavy atom. The number of nitrogens with zero attached hydrogens (tertiary/aromatic N) is 4. The van der Waals surface area contributed by atoms with Crippen LogP contribution >= 0.6 is 0 Å². The van der Waals surface area contributed by atoms with Gasteiger partial charge in [0.05, 0.1) is 12.4 Å². The van der Waals surface area contributed by atoms with Gasteiger partial charge in [-0.25, -0.2) is 19.6 Å². The first kappa shape index (κ1) is 13.2. The van der Waals surface area contributed by atoms with Gasteiger partial charge in [0.15, 0.2) is 11.4 Å². The molecule has 0 atom stereocenters. The van der Waals surface area contributed by atoms with Crippen LogP contribution in [-0.2, 0) is 0 Å². The van der Waals surface area contributed by atoms with Gasteiger partial charge in [-0.05, 0) is 0 Å². The third kappa shape index (κ3) is 4.31. The van der Waals surface area contributed by atoms with Gasteiger partial charge in [-0.15, -0.1) is 0 Å². The molecule has 2 heterocycles. The molecule has 0 aromatic carbocycles. The van der Waals surface area contributed by atoms with Crippen LogP contribution in [-0.4, -0.2) is 42.1 Å². The molecule has 2 N–H and O–H groups in total. The molecule has 2 aromatic rings. The van der Waals surface area contributed by atoms with E-state index in [0.717, 1.165) is 0 Å². The van der Waals surface area contributed by atoms with Crippen molar-refractivity contribution in [2.45, 2.75) is 0 Å². The highest BCUT2D eigenvalue weighted by Crippen LogP contribution is 1.87. The number of hydrogen-bond acceptors (Lipinski definition) is 6. The molecule has 0 bridgehead atoms. The third-order valence-corrected chi connectivity index (χ3v) is 1.56. The zero-order valence-electron chi connectivity index (χ0n) is 8.96. The van der Waals surface area contributed by atoms with Crippen LogP contribution in [0, 0.1) is 0 Å². The minimum Gasteiger partial charge on any atom is -0.476 e. The average molecular weight is 248 g/mol. The Hall–Kier alpha value is -2.90. The van der Waals surface area contributed by atoms with E-state index in [0.29, 0.717) is 0 Å². The Labute approximate surface area is 101 Å². The summed E-state index contributed by atoms with van der Waals surface area (Å²) in [5, 5.41) is 16.6. The molecular weight excluding hydrogens is 240 g/mol. The monoisotopic (exact) mass is 248 g/mol. The molecule has 0 spiro atoms. The normalized spacial score (nSPS) is 8.89. The number of aromatic nitrogens is 4. The third-order valence-electron chi connectivity index (χ3n) is 1.56. The maximum atomic E-state index is 10.1. The molecule has 0 fully saturated rings. The molecule has 0 unspecified atom stereocenters. The second-order valence-corrected chi connectivity index (χ2v) is 2.79. The zero-order valence-corrected chi connectivity index (χ0v) is 8.96. The van der Waals surface area contributed by atoms with Gasteiger partial charge in [-0.3, -0.25) is 9.97 Å². The van der Waals surface area contributed by atoms with Gasteiger partial charge in [-0.2, -0.15) is 0 Å². The van der Waals surface area contributed by atoms with E-state index in [9.17, 15) is 9.59 Å². The molecule has 0 aliphatic rings. The summed E-state index contributed by atoms with van der Waals surface area (Å²) in [6.45, 7) is 0. The fourth-order valence-electron chi connectivity index (χ4n) is 0.819. The van der Waals surface area contributed by atoms with Gasteiger partial charge in [-0.1, -0.05) is 0 Å². The Kier molecular flexibility index (Phi) is 4.85. The Morgan fingerprint density at radius 3 is 1.33 bits per heavy atom. The maximum absolute atomic E-state index is 10.1. The van der Waals surface area contributed by atoms with E-state index in [2.05, 4.69) is 19.9 Å². The molecule has 8 heteroatoms. The lowest BCUT2D eigenvalue weighted by molar-refractivity contribution is 0.0679. The van der Waals surface area contributed by atoms with Crippen LogP contribution in [0.5, 0.6) is 0 Å². The first-order valence-corrected chi connectivity index (χ1v) is 4.60. The largest absolute Gasteiger partial charge is 0.476 e. The van der Waals surface area contributed by atoms with Crippen molar-refractivity contribution >= 4 is 11.9 Å². The molecule has 2 aromatic heterocycles. The van der Waals surface area contributed by atoms with Crippen LogP contribution in [0.4, 0.5) is 0 Å². The summed E-state index contributed by atoms with van der Waals surface area (Å²) in [4.78, 5) is 34.4. The first-order chi connectivity index (χ1) is 8.61. The van der Waals surface area contributed by atoms with E-state index in [-0.39, 0.29) is 11.4 Å². The van der Waals surface area contributed by atoms with Gasteiger partial charge < -0.3 is 10.2 Å². The Bertz CT molecular complexity index is 468. The fourth-order valence-corrected chi connectivity index (χ4v) is 0.819. The average Bonchev–Trinajstić information content (AvgIpc) is 2.41. The van der Waals surface area contributed by atoms with Crippen molar-refractivity contribution in [1.82, 2.24) is 19.9 Å². The molecule has 0 amide bonds. The van der Waals surface area contributed by atoms with Crippen molar-refractivity contribution < 1.29 is 19.8 Å². The van der Waals surface area contributed by atoms with Crippen LogP contribution in [0.25, 0.3) is 0 Å². The van der Waals surface area contributed by atoms with Gasteiger partial charge in [0.1, 0.15) is 0 Å². The first-order valence-electron chi connectivity index (χ1n) is 4.60. The molecule has 2 rings (SSSR count). The maximum Gasteiger partial charge on any atom is 0.356 e. The Morgan fingerprint density at radius 1 is 0.778 bits per heavy atom. The SMILES string of the molecule is O=C(O)c1cnccn1.O=C(O)c1cnccn1. The highest BCUT2D eigenvalue weighted by Gasteiger charge is 2.00. The lowest BCUT2D eigenvalue weighted by Crippen LogP contribution is -1.99. The van der Waals surface area contributed by atoms with Crippen LogP contribution in [0.15, 0.2) is 37.2 Å². The summed E-state index contributed by atoms with van der Waals surface area (Å²) in [5.41, 5.74) is -0.0602. The van der Waals surface area contributed by atoms with Gasteiger partial charge in [0.25, 0.3) is 0 Å². The van der Waals surface area contributed by atoms with Crippen molar-refractivity contribution in [2.24, 2.45) is 0 Å². The molecular formula is C10H8N4O4. The summed E-state index contributed by atoms with van der Waals surface area (Å²) in [5.74, 6) is -2.11. The number of hydrogen-bond donors (Lipinski definition) is 2. The molecule has 0 saturated carbocycles. The van der Waals surface area contributed by atoms with E-state index >= 15 is 0 Å². The predicted octanol–water partition coefficient (Wildman–Crippen LogP) is 0.350. The number of carboxylic acid groups (broad SMARTS) is 2. The number of rotatable bonds is 2. The van der Waals surface area contributed by atoms with Crippen LogP contribution < -0.4 is 0 Å².